The number of nitrogens with one attached hydrogen (secondary N) is 3. The first-order chi connectivity index (χ1) is 17.1. The van der Waals surface area contributed by atoms with E-state index < -0.39 is 29.9 Å². The number of rotatable bonds is 3. The summed E-state index contributed by atoms with van der Waals surface area (Å²) in [7, 11) is 0. The number of fused-ring (bicyclic) bond motifs is 1. The Hall–Kier alpha value is -4.47. The highest BCUT2D eigenvalue weighted by Crippen LogP contribution is 2.29. The van der Waals surface area contributed by atoms with Crippen LogP contribution in [0.1, 0.15) is 12.5 Å². The fourth-order valence-corrected chi connectivity index (χ4v) is 3.05. The van der Waals surface area contributed by atoms with Crippen molar-refractivity contribution in [2.45, 2.75) is 25.1 Å². The molecule has 0 saturated heterocycles. The summed E-state index contributed by atoms with van der Waals surface area (Å²) in [5.41, 5.74) is 7.86. The summed E-state index contributed by atoms with van der Waals surface area (Å²) in [6.07, 6.45) is -8.34. The van der Waals surface area contributed by atoms with Crippen molar-refractivity contribution >= 4 is 28.7 Å². The van der Waals surface area contributed by atoms with Gasteiger partial charge < -0.3 is 30.6 Å². The molecule has 16 heteroatoms. The minimum atomic E-state index is -5.08. The number of halogens is 6. The number of nitrogens with zero attached hydrogens (tertiary/aromatic N) is 1. The lowest BCUT2D eigenvalue weighted by molar-refractivity contribution is -0.274. The van der Waals surface area contributed by atoms with Gasteiger partial charge in [-0.3, -0.25) is 4.98 Å². The molecular formula is C21H17F6N5O5. The monoisotopic (exact) mass is 533 g/mol. The molecule has 198 valence electrons. The maximum Gasteiger partial charge on any atom is 0.573 e. The van der Waals surface area contributed by atoms with Crippen LogP contribution in [0.15, 0.2) is 68.4 Å². The Labute approximate surface area is 202 Å². The number of hydrogen-bond donors (Lipinski definition) is 5. The Balaban J connectivity index is 0.000000479. The molecule has 2 heterocycles. The largest absolute Gasteiger partial charge is 0.573 e. The molecule has 0 radical (unpaired) electrons. The average Bonchev–Trinajstić information content (AvgIpc) is 3.14. The van der Waals surface area contributed by atoms with Gasteiger partial charge in [-0.05, 0) is 42.3 Å². The molecule has 0 saturated carbocycles. The van der Waals surface area contributed by atoms with Gasteiger partial charge in [0.25, 0.3) is 0 Å². The number of hydrogen-bond acceptors (Lipinski definition) is 8. The van der Waals surface area contributed by atoms with Gasteiger partial charge >= 0.3 is 24.3 Å². The van der Waals surface area contributed by atoms with Crippen LogP contribution in [0.3, 0.4) is 0 Å². The smallest absolute Gasteiger partial charge is 0.475 e. The normalized spacial score (nSPS) is 17.6. The lowest BCUT2D eigenvalue weighted by atomic mass is 9.92. The zero-order chi connectivity index (χ0) is 27.6. The molecule has 0 aliphatic carbocycles. The van der Waals surface area contributed by atoms with E-state index in [1.165, 1.54) is 24.4 Å². The Morgan fingerprint density at radius 1 is 1.16 bits per heavy atom. The van der Waals surface area contributed by atoms with Gasteiger partial charge in [-0.2, -0.15) is 13.2 Å². The van der Waals surface area contributed by atoms with E-state index in [4.69, 9.17) is 20.1 Å². The maximum atomic E-state index is 12.4. The van der Waals surface area contributed by atoms with Gasteiger partial charge in [-0.15, -0.1) is 13.2 Å². The molecule has 6 N–H and O–H groups in total. The molecular weight excluding hydrogens is 516 g/mol. The Bertz CT molecular complexity index is 1430. The molecule has 0 spiro atoms. The first kappa shape index (κ1) is 27.1. The summed E-state index contributed by atoms with van der Waals surface area (Å²) in [5.74, 6) is -3.49. The number of aromatic amines is 1. The summed E-state index contributed by atoms with van der Waals surface area (Å²) < 4.78 is 78.0. The number of carbonyl (C=O) groups is 1. The molecule has 1 unspecified atom stereocenters. The topological polar surface area (TPSA) is 155 Å². The van der Waals surface area contributed by atoms with Crippen molar-refractivity contribution in [1.29, 1.82) is 0 Å². The summed E-state index contributed by atoms with van der Waals surface area (Å²) in [4.78, 5) is 27.1. The second-order valence-corrected chi connectivity index (χ2v) is 7.45. The average molecular weight is 533 g/mol. The van der Waals surface area contributed by atoms with Crippen LogP contribution in [0, 0.1) is 0 Å². The van der Waals surface area contributed by atoms with Gasteiger partial charge in [0, 0.05) is 18.0 Å². The van der Waals surface area contributed by atoms with Crippen molar-refractivity contribution in [3.05, 3.63) is 70.4 Å². The summed E-state index contributed by atoms with van der Waals surface area (Å²) in [6.45, 7) is 1.77. The van der Waals surface area contributed by atoms with Gasteiger partial charge in [0.2, 0.25) is 5.96 Å². The van der Waals surface area contributed by atoms with Crippen LogP contribution in [0.4, 0.5) is 32.0 Å². The first-order valence-corrected chi connectivity index (χ1v) is 9.95. The summed E-state index contributed by atoms with van der Waals surface area (Å²) >= 11 is 0. The Morgan fingerprint density at radius 3 is 2.46 bits per heavy atom. The summed E-state index contributed by atoms with van der Waals surface area (Å²) in [6, 6.07) is 10.3. The molecule has 1 aromatic heterocycles. The molecule has 3 aromatic rings. The van der Waals surface area contributed by atoms with Crippen LogP contribution in [-0.4, -0.2) is 34.6 Å². The number of guanidine groups is 1. The number of nitrogens with two attached hydrogens (primary N) is 1. The lowest BCUT2D eigenvalue weighted by Crippen LogP contribution is -2.57. The van der Waals surface area contributed by atoms with E-state index in [-0.39, 0.29) is 11.7 Å². The number of H-pyrrole nitrogens is 1. The van der Waals surface area contributed by atoms with E-state index in [0.717, 1.165) is 0 Å². The van der Waals surface area contributed by atoms with E-state index in [9.17, 15) is 31.1 Å². The quantitative estimate of drug-likeness (QED) is 0.319. The number of carboxylic acid groups (broad SMARTS) is 1. The molecule has 2 aromatic carbocycles. The van der Waals surface area contributed by atoms with Crippen LogP contribution < -0.4 is 26.9 Å². The van der Waals surface area contributed by atoms with E-state index in [1.807, 2.05) is 0 Å². The van der Waals surface area contributed by atoms with Gasteiger partial charge in [0.1, 0.15) is 11.4 Å². The van der Waals surface area contributed by atoms with Crippen molar-refractivity contribution < 1.29 is 45.4 Å². The number of aliphatic imine (C=N–C) groups is 1. The third-order valence-electron chi connectivity index (χ3n) is 4.77. The van der Waals surface area contributed by atoms with Gasteiger partial charge in [-0.1, -0.05) is 12.1 Å². The zero-order valence-electron chi connectivity index (χ0n) is 18.5. The zero-order valence-corrected chi connectivity index (χ0v) is 18.5. The number of alkyl halides is 6. The fourth-order valence-electron chi connectivity index (χ4n) is 3.05. The van der Waals surface area contributed by atoms with Gasteiger partial charge in [0.05, 0.1) is 5.52 Å². The Morgan fingerprint density at radius 2 is 1.84 bits per heavy atom. The minimum absolute atomic E-state index is 0.216. The van der Waals surface area contributed by atoms with Crippen LogP contribution >= 0.6 is 0 Å². The van der Waals surface area contributed by atoms with E-state index in [2.05, 4.69) is 25.3 Å². The molecule has 0 amide bonds. The molecule has 1 aliphatic rings. The highest BCUT2D eigenvalue weighted by atomic mass is 19.4. The number of oxazole rings is 1. The van der Waals surface area contributed by atoms with E-state index in [1.54, 1.807) is 31.2 Å². The number of anilines is 1. The first-order valence-electron chi connectivity index (χ1n) is 9.95. The van der Waals surface area contributed by atoms with Crippen LogP contribution in [0.2, 0.25) is 0 Å². The van der Waals surface area contributed by atoms with Crippen molar-refractivity contribution in [2.24, 2.45) is 10.7 Å². The highest BCUT2D eigenvalue weighted by molar-refractivity contribution is 5.95. The van der Waals surface area contributed by atoms with E-state index >= 15 is 0 Å². The number of aliphatic carboxylic acids is 1. The van der Waals surface area contributed by atoms with E-state index in [0.29, 0.717) is 27.9 Å². The molecule has 0 fully saturated rings. The van der Waals surface area contributed by atoms with Crippen molar-refractivity contribution in [3.8, 4) is 5.75 Å². The maximum absolute atomic E-state index is 12.4. The van der Waals surface area contributed by atoms with Crippen molar-refractivity contribution in [2.75, 3.05) is 5.32 Å². The highest BCUT2D eigenvalue weighted by Gasteiger charge is 2.38. The Kier molecular flexibility index (Phi) is 7.25. The summed E-state index contributed by atoms with van der Waals surface area (Å²) in [5, 5.41) is 13.1. The molecule has 1 aliphatic heterocycles. The van der Waals surface area contributed by atoms with Crippen LogP contribution in [0.5, 0.6) is 5.75 Å². The lowest BCUT2D eigenvalue weighted by Gasteiger charge is -2.35. The predicted molar refractivity (Wildman–Crippen MR) is 117 cm³/mol. The number of carboxylic acids is 1. The molecule has 1 atom stereocenters. The third kappa shape index (κ3) is 6.81. The van der Waals surface area contributed by atoms with Gasteiger partial charge in [-0.25, -0.2) is 14.6 Å². The number of aromatic nitrogens is 1. The van der Waals surface area contributed by atoms with Gasteiger partial charge in [0.15, 0.2) is 5.58 Å². The van der Waals surface area contributed by atoms with Crippen molar-refractivity contribution in [1.82, 2.24) is 10.3 Å². The molecule has 4 rings (SSSR count). The second-order valence-electron chi connectivity index (χ2n) is 7.45. The molecule has 37 heavy (non-hydrogen) atoms. The predicted octanol–water partition coefficient (Wildman–Crippen LogP) is 3.74. The second kappa shape index (κ2) is 9.88. The standard InChI is InChI=1S/C19H16F3N5O3.C2HF3O2/c1-10-9-24-16(25-12-3-2-4-13(8-12)30-19(20,21)22)27-18(10,23)11-5-6-15-14(7-11)26-17(28)29-15;3-2(4,5)1(6)7/h2-9H,23H2,1H3,(H,26,28)(H2,24,25,27);(H,6,7). The van der Waals surface area contributed by atoms with Crippen LogP contribution in [-0.2, 0) is 10.5 Å². The van der Waals surface area contributed by atoms with Crippen LogP contribution in [0.25, 0.3) is 11.1 Å². The molecule has 0 bridgehead atoms. The van der Waals surface area contributed by atoms with Crippen molar-refractivity contribution in [3.63, 3.8) is 0 Å². The third-order valence-corrected chi connectivity index (χ3v) is 4.77. The minimum Gasteiger partial charge on any atom is -0.475 e. The molecule has 10 nitrogen and oxygen atoms in total. The number of benzene rings is 2. The fraction of sp³-hybridized carbons (Fsp3) is 0.190. The number of ether oxygens (including phenoxy) is 1. The SMILES string of the molecule is CC1=CN=C(Nc2cccc(OC(F)(F)F)c2)NC1(N)c1ccc2oc(=O)[nH]c2c1.O=C(O)C(F)(F)F.